The fourth-order valence-corrected chi connectivity index (χ4v) is 6.48. The third kappa shape index (κ3) is 2.51. The molecule has 5 rings (SSSR count). The highest BCUT2D eigenvalue weighted by Gasteiger charge is 2.49. The van der Waals surface area contributed by atoms with Gasteiger partial charge in [-0.05, 0) is 35.7 Å². The molecule has 4 atom stereocenters. The second-order valence-electron chi connectivity index (χ2n) is 7.32. The lowest BCUT2D eigenvalue weighted by molar-refractivity contribution is -0.934. The molecule has 2 amide bonds. The van der Waals surface area contributed by atoms with Gasteiger partial charge in [-0.3, -0.25) is 9.59 Å². The lowest BCUT2D eigenvalue weighted by Gasteiger charge is -2.34. The van der Waals surface area contributed by atoms with Gasteiger partial charge in [0, 0.05) is 16.9 Å². The maximum atomic E-state index is 12.9. The van der Waals surface area contributed by atoms with Crippen molar-refractivity contribution < 1.29 is 14.5 Å². The molecule has 0 spiro atoms. The summed E-state index contributed by atoms with van der Waals surface area (Å²) in [5.74, 6) is -0.182. The highest BCUT2D eigenvalue weighted by atomic mass is 32.1. The molecule has 0 saturated carbocycles. The predicted octanol–water partition coefficient (Wildman–Crippen LogP) is 2.25. The van der Waals surface area contributed by atoms with Crippen molar-refractivity contribution in [2.45, 2.75) is 25.3 Å². The predicted molar refractivity (Wildman–Crippen MR) is 102 cm³/mol. The Bertz CT molecular complexity index is 844. The smallest absolute Gasteiger partial charge is 0.237 e. The Balaban J connectivity index is 1.45. The van der Waals surface area contributed by atoms with Crippen LogP contribution in [0.1, 0.15) is 34.2 Å². The van der Waals surface area contributed by atoms with E-state index < -0.39 is 0 Å². The van der Waals surface area contributed by atoms with Crippen molar-refractivity contribution in [2.75, 3.05) is 13.2 Å². The molecule has 6 heteroatoms. The molecule has 1 aliphatic carbocycles. The third-order valence-electron chi connectivity index (χ3n) is 5.96. The number of carbonyl (C=O) groups is 2. The summed E-state index contributed by atoms with van der Waals surface area (Å²) in [4.78, 5) is 31.4. The molecule has 4 nitrogen and oxygen atoms in total. The zero-order chi connectivity index (χ0) is 17.7. The number of hydrogen-bond donors (Lipinski definition) is 1. The van der Waals surface area contributed by atoms with E-state index in [1.807, 2.05) is 11.3 Å². The van der Waals surface area contributed by atoms with Gasteiger partial charge in [0.05, 0.1) is 23.3 Å². The Kier molecular flexibility index (Phi) is 4.07. The molecule has 26 heavy (non-hydrogen) atoms. The summed E-state index contributed by atoms with van der Waals surface area (Å²) in [6, 6.07) is 6.72. The van der Waals surface area contributed by atoms with E-state index in [1.165, 1.54) is 20.2 Å². The number of quaternary nitrogens is 1. The topological polar surface area (TPSA) is 41.8 Å². The van der Waals surface area contributed by atoms with E-state index in [0.29, 0.717) is 19.5 Å². The maximum absolute atomic E-state index is 12.9. The van der Waals surface area contributed by atoms with Gasteiger partial charge in [-0.2, -0.15) is 0 Å². The third-order valence-corrected chi connectivity index (χ3v) is 7.89. The number of rotatable bonds is 3. The standard InChI is InChI=1S/C20H20N2O2S2/c23-19-13-4-1-2-5-14(13)20(24)22(19)12-21-9-7-16-15(8-11-26-16)18(21)17-6-3-10-25-17/h1-3,6,8,10-11,13-14,18H,4-5,7,9,12H2/p+1/t13-,14+,18-/m0/s1. The van der Waals surface area contributed by atoms with E-state index in [-0.39, 0.29) is 29.7 Å². The monoisotopic (exact) mass is 385 g/mol. The van der Waals surface area contributed by atoms with E-state index in [9.17, 15) is 9.59 Å². The lowest BCUT2D eigenvalue weighted by atomic mass is 9.85. The molecular weight excluding hydrogens is 364 g/mol. The van der Waals surface area contributed by atoms with Crippen molar-refractivity contribution in [1.29, 1.82) is 0 Å². The van der Waals surface area contributed by atoms with Crippen LogP contribution in [0.3, 0.4) is 0 Å². The van der Waals surface area contributed by atoms with Crippen LogP contribution in [0.4, 0.5) is 0 Å². The number of allylic oxidation sites excluding steroid dienone is 2. The molecule has 2 aromatic heterocycles. The van der Waals surface area contributed by atoms with Crippen LogP contribution in [0.5, 0.6) is 0 Å². The minimum Gasteiger partial charge on any atom is -0.306 e. The summed E-state index contributed by atoms with van der Waals surface area (Å²) in [5.41, 5.74) is 1.37. The van der Waals surface area contributed by atoms with Crippen LogP contribution >= 0.6 is 22.7 Å². The molecule has 2 aliphatic heterocycles. The molecule has 0 aromatic carbocycles. The normalized spacial score (nSPS) is 30.5. The van der Waals surface area contributed by atoms with Gasteiger partial charge in [-0.15, -0.1) is 22.7 Å². The van der Waals surface area contributed by atoms with Crippen LogP contribution in [0.25, 0.3) is 0 Å². The van der Waals surface area contributed by atoms with Gasteiger partial charge in [0.15, 0.2) is 12.7 Å². The van der Waals surface area contributed by atoms with Crippen molar-refractivity contribution >= 4 is 34.5 Å². The Morgan fingerprint density at radius 1 is 1.04 bits per heavy atom. The van der Waals surface area contributed by atoms with Gasteiger partial charge in [-0.25, -0.2) is 4.90 Å². The van der Waals surface area contributed by atoms with Crippen LogP contribution in [0, 0.1) is 11.8 Å². The molecule has 4 heterocycles. The summed E-state index contributed by atoms with van der Waals surface area (Å²) >= 11 is 3.59. The van der Waals surface area contributed by atoms with Crippen LogP contribution in [0.15, 0.2) is 41.1 Å². The second-order valence-corrected chi connectivity index (χ2v) is 9.30. The average molecular weight is 386 g/mol. The fraction of sp³-hybridized carbons (Fsp3) is 0.400. The molecule has 1 fully saturated rings. The summed E-state index contributed by atoms with van der Waals surface area (Å²) in [7, 11) is 0. The van der Waals surface area contributed by atoms with E-state index >= 15 is 0 Å². The van der Waals surface area contributed by atoms with E-state index in [4.69, 9.17) is 0 Å². The number of fused-ring (bicyclic) bond motifs is 2. The molecule has 1 N–H and O–H groups in total. The van der Waals surface area contributed by atoms with Gasteiger partial charge in [0.25, 0.3) is 0 Å². The molecule has 2 aromatic rings. The van der Waals surface area contributed by atoms with E-state index in [1.54, 1.807) is 16.2 Å². The zero-order valence-corrected chi connectivity index (χ0v) is 16.0. The molecular formula is C20H21N2O2S2+. The van der Waals surface area contributed by atoms with Gasteiger partial charge in [0.2, 0.25) is 11.8 Å². The Labute approximate surface area is 160 Å². The highest BCUT2D eigenvalue weighted by molar-refractivity contribution is 7.10. The zero-order valence-electron chi connectivity index (χ0n) is 14.4. The van der Waals surface area contributed by atoms with Crippen LogP contribution in [-0.2, 0) is 16.0 Å². The molecule has 1 unspecified atom stereocenters. The first-order valence-corrected chi connectivity index (χ1v) is 10.9. The first-order valence-electron chi connectivity index (χ1n) is 9.18. The largest absolute Gasteiger partial charge is 0.306 e. The number of imide groups is 1. The summed E-state index contributed by atoms with van der Waals surface area (Å²) in [6.45, 7) is 1.45. The first-order chi connectivity index (χ1) is 12.7. The van der Waals surface area contributed by atoms with Crippen molar-refractivity contribution in [3.05, 3.63) is 56.4 Å². The Morgan fingerprint density at radius 2 is 1.81 bits per heavy atom. The molecule has 3 aliphatic rings. The molecule has 134 valence electrons. The van der Waals surface area contributed by atoms with Gasteiger partial charge in [0.1, 0.15) is 0 Å². The average Bonchev–Trinajstić information content (AvgIpc) is 3.39. The summed E-state index contributed by atoms with van der Waals surface area (Å²) in [6.07, 6.45) is 6.55. The fourth-order valence-electron chi connectivity index (χ4n) is 4.66. The number of hydrogen-bond acceptors (Lipinski definition) is 4. The van der Waals surface area contributed by atoms with Crippen LogP contribution in [-0.4, -0.2) is 29.9 Å². The van der Waals surface area contributed by atoms with Crippen molar-refractivity contribution in [3.63, 3.8) is 0 Å². The van der Waals surface area contributed by atoms with Crippen molar-refractivity contribution in [1.82, 2.24) is 4.90 Å². The molecule has 0 radical (unpaired) electrons. The van der Waals surface area contributed by atoms with Gasteiger partial charge < -0.3 is 4.90 Å². The number of amides is 2. The van der Waals surface area contributed by atoms with E-state index in [2.05, 4.69) is 41.1 Å². The van der Waals surface area contributed by atoms with Crippen molar-refractivity contribution in [2.24, 2.45) is 11.8 Å². The molecule has 0 bridgehead atoms. The van der Waals surface area contributed by atoms with Crippen LogP contribution < -0.4 is 4.90 Å². The lowest BCUT2D eigenvalue weighted by Crippen LogP contribution is -3.15. The Morgan fingerprint density at radius 3 is 2.50 bits per heavy atom. The van der Waals surface area contributed by atoms with Crippen LogP contribution in [0.2, 0.25) is 0 Å². The minimum atomic E-state index is -0.131. The summed E-state index contributed by atoms with van der Waals surface area (Å²) < 4.78 is 0. The van der Waals surface area contributed by atoms with E-state index in [0.717, 1.165) is 13.0 Å². The SMILES string of the molecule is O=C1[C@H]2CC=CC[C@H]2C(=O)N1C[NH+]1CCc2sccc2[C@H]1c1cccs1. The molecule has 1 saturated heterocycles. The first kappa shape index (κ1) is 16.4. The number of nitrogens with zero attached hydrogens (tertiary/aromatic N) is 1. The quantitative estimate of drug-likeness (QED) is 0.650. The van der Waals surface area contributed by atoms with Gasteiger partial charge >= 0.3 is 0 Å². The maximum Gasteiger partial charge on any atom is 0.237 e. The Hall–Kier alpha value is -1.76. The number of thiophene rings is 2. The second kappa shape index (κ2) is 6.44. The van der Waals surface area contributed by atoms with Crippen molar-refractivity contribution in [3.8, 4) is 0 Å². The summed E-state index contributed by atoms with van der Waals surface area (Å²) in [5, 5.41) is 4.28. The minimum absolute atomic E-state index is 0.0397. The highest BCUT2D eigenvalue weighted by Crippen LogP contribution is 2.35. The number of carbonyl (C=O) groups excluding carboxylic acids is 2. The number of nitrogens with one attached hydrogen (secondary N) is 1. The van der Waals surface area contributed by atoms with Gasteiger partial charge in [-0.1, -0.05) is 18.2 Å². The number of likely N-dealkylation sites (tertiary alicyclic amines) is 1.